The van der Waals surface area contributed by atoms with Gasteiger partial charge in [-0.05, 0) is 62.1 Å². The SMILES string of the molecule is CN1CCC(N2CCN(NC(=O)C(NC(=O)c3ccc4cc[nH]c4c3)c3ccccc3)CC2)CC1. The standard InChI is InChI=1S/C27H34N6O2/c1-31-13-10-23(11-14-31)32-15-17-33(18-16-32)30-27(35)25(21-5-3-2-4-6-21)29-26(34)22-8-7-20-9-12-28-24(20)19-22/h2-9,12,19,23,25,28H,10-11,13-18H2,1H3,(H,29,34)(H,30,35). The largest absolute Gasteiger partial charge is 0.361 e. The zero-order valence-electron chi connectivity index (χ0n) is 20.2. The lowest BCUT2D eigenvalue weighted by Gasteiger charge is -2.42. The molecule has 184 valence electrons. The number of nitrogens with zero attached hydrogens (tertiary/aromatic N) is 3. The van der Waals surface area contributed by atoms with Gasteiger partial charge in [0, 0.05) is 49.5 Å². The van der Waals surface area contributed by atoms with E-state index >= 15 is 0 Å². The predicted octanol–water partition coefficient (Wildman–Crippen LogP) is 2.38. The van der Waals surface area contributed by atoms with Crippen LogP contribution in [0.2, 0.25) is 0 Å². The van der Waals surface area contributed by atoms with E-state index in [0.717, 1.165) is 55.7 Å². The van der Waals surface area contributed by atoms with Crippen molar-refractivity contribution in [2.75, 3.05) is 46.3 Å². The van der Waals surface area contributed by atoms with E-state index in [1.54, 1.807) is 6.07 Å². The fraction of sp³-hybridized carbons (Fsp3) is 0.407. The third-order valence-corrected chi connectivity index (χ3v) is 7.27. The Morgan fingerprint density at radius 1 is 0.943 bits per heavy atom. The zero-order valence-corrected chi connectivity index (χ0v) is 20.2. The molecule has 3 aromatic rings. The van der Waals surface area contributed by atoms with Crippen LogP contribution < -0.4 is 10.7 Å². The van der Waals surface area contributed by atoms with Gasteiger partial charge in [0.15, 0.2) is 0 Å². The minimum atomic E-state index is -0.782. The van der Waals surface area contributed by atoms with Crippen LogP contribution in [0, 0.1) is 0 Å². The van der Waals surface area contributed by atoms with Gasteiger partial charge in [0.05, 0.1) is 0 Å². The molecular weight excluding hydrogens is 440 g/mol. The van der Waals surface area contributed by atoms with Crippen LogP contribution in [0.3, 0.4) is 0 Å². The molecule has 3 heterocycles. The minimum absolute atomic E-state index is 0.224. The molecule has 2 aliphatic rings. The Labute approximate surface area is 206 Å². The van der Waals surface area contributed by atoms with E-state index < -0.39 is 6.04 Å². The van der Waals surface area contributed by atoms with Crippen LogP contribution in [-0.4, -0.2) is 84.0 Å². The van der Waals surface area contributed by atoms with Crippen LogP contribution in [0.5, 0.6) is 0 Å². The van der Waals surface area contributed by atoms with Crippen LogP contribution >= 0.6 is 0 Å². The highest BCUT2D eigenvalue weighted by molar-refractivity contribution is 6.00. The molecule has 1 atom stereocenters. The normalized spacial score (nSPS) is 19.5. The molecule has 2 fully saturated rings. The second-order valence-corrected chi connectivity index (χ2v) is 9.63. The molecule has 8 nitrogen and oxygen atoms in total. The molecule has 2 aliphatic heterocycles. The summed E-state index contributed by atoms with van der Waals surface area (Å²) in [5.74, 6) is -0.504. The van der Waals surface area contributed by atoms with Crippen molar-refractivity contribution in [3.63, 3.8) is 0 Å². The van der Waals surface area contributed by atoms with Crippen molar-refractivity contribution in [2.45, 2.75) is 24.9 Å². The molecule has 8 heteroatoms. The lowest BCUT2D eigenvalue weighted by atomic mass is 10.0. The highest BCUT2D eigenvalue weighted by Gasteiger charge is 2.29. The summed E-state index contributed by atoms with van der Waals surface area (Å²) >= 11 is 0. The number of fused-ring (bicyclic) bond motifs is 1. The number of nitrogens with one attached hydrogen (secondary N) is 3. The number of H-pyrrole nitrogens is 1. The molecule has 2 aromatic carbocycles. The van der Waals surface area contributed by atoms with E-state index in [9.17, 15) is 9.59 Å². The number of hydrazine groups is 1. The monoisotopic (exact) mass is 474 g/mol. The van der Waals surface area contributed by atoms with Crippen molar-refractivity contribution in [3.05, 3.63) is 71.9 Å². The van der Waals surface area contributed by atoms with Gasteiger partial charge in [0.2, 0.25) is 0 Å². The lowest BCUT2D eigenvalue weighted by molar-refractivity contribution is -0.129. The topological polar surface area (TPSA) is 83.7 Å². The van der Waals surface area contributed by atoms with Gasteiger partial charge < -0.3 is 15.2 Å². The van der Waals surface area contributed by atoms with Gasteiger partial charge in [-0.25, -0.2) is 5.01 Å². The zero-order chi connectivity index (χ0) is 24.2. The predicted molar refractivity (Wildman–Crippen MR) is 137 cm³/mol. The lowest BCUT2D eigenvalue weighted by Crippen LogP contribution is -2.58. The third kappa shape index (κ3) is 5.56. The first-order valence-electron chi connectivity index (χ1n) is 12.5. The highest BCUT2D eigenvalue weighted by Crippen LogP contribution is 2.19. The van der Waals surface area contributed by atoms with Gasteiger partial charge in [-0.3, -0.25) is 19.9 Å². The number of rotatable bonds is 6. The second-order valence-electron chi connectivity index (χ2n) is 9.63. The van der Waals surface area contributed by atoms with Crippen molar-refractivity contribution in [1.29, 1.82) is 0 Å². The quantitative estimate of drug-likeness (QED) is 0.511. The van der Waals surface area contributed by atoms with Crippen LogP contribution in [-0.2, 0) is 4.79 Å². The Morgan fingerprint density at radius 3 is 2.43 bits per heavy atom. The van der Waals surface area contributed by atoms with Gasteiger partial charge >= 0.3 is 0 Å². The molecule has 1 aromatic heterocycles. The number of aromatic nitrogens is 1. The van der Waals surface area contributed by atoms with Crippen LogP contribution in [0.1, 0.15) is 34.8 Å². The van der Waals surface area contributed by atoms with Crippen LogP contribution in [0.4, 0.5) is 0 Å². The summed E-state index contributed by atoms with van der Waals surface area (Å²) < 4.78 is 0. The molecule has 2 saturated heterocycles. The average molecular weight is 475 g/mol. The number of carbonyl (C=O) groups is 2. The number of piperidine rings is 1. The summed E-state index contributed by atoms with van der Waals surface area (Å²) in [5.41, 5.74) is 5.23. The van der Waals surface area contributed by atoms with Crippen molar-refractivity contribution in [3.8, 4) is 0 Å². The molecule has 35 heavy (non-hydrogen) atoms. The molecule has 5 rings (SSSR count). The summed E-state index contributed by atoms with van der Waals surface area (Å²) in [6.07, 6.45) is 4.26. The molecule has 0 saturated carbocycles. The van der Waals surface area contributed by atoms with Crippen LogP contribution in [0.25, 0.3) is 10.9 Å². The number of likely N-dealkylation sites (tertiary alicyclic amines) is 1. The maximum atomic E-state index is 13.4. The molecular formula is C27H34N6O2. The first kappa shape index (κ1) is 23.5. The number of benzene rings is 2. The molecule has 1 unspecified atom stereocenters. The van der Waals surface area contributed by atoms with E-state index in [1.807, 2.05) is 59.7 Å². The van der Waals surface area contributed by atoms with Crippen molar-refractivity contribution >= 4 is 22.7 Å². The van der Waals surface area contributed by atoms with Crippen LogP contribution in [0.15, 0.2) is 60.8 Å². The summed E-state index contributed by atoms with van der Waals surface area (Å²) in [4.78, 5) is 34.6. The Balaban J connectivity index is 1.23. The Morgan fingerprint density at radius 2 is 1.69 bits per heavy atom. The van der Waals surface area contributed by atoms with E-state index in [0.29, 0.717) is 11.6 Å². The van der Waals surface area contributed by atoms with Gasteiger partial charge in [-0.15, -0.1) is 0 Å². The second kappa shape index (κ2) is 10.6. The first-order chi connectivity index (χ1) is 17.1. The molecule has 3 N–H and O–H groups in total. The Kier molecular flexibility index (Phi) is 7.13. The summed E-state index contributed by atoms with van der Waals surface area (Å²) in [6, 6.07) is 16.7. The fourth-order valence-corrected chi connectivity index (χ4v) is 5.13. The van der Waals surface area contributed by atoms with Crippen molar-refractivity contribution in [2.24, 2.45) is 0 Å². The van der Waals surface area contributed by atoms with E-state index in [-0.39, 0.29) is 11.8 Å². The Hall–Kier alpha value is -3.20. The highest BCUT2D eigenvalue weighted by atomic mass is 16.2. The number of carbonyl (C=O) groups excluding carboxylic acids is 2. The Bertz CT molecular complexity index is 1150. The maximum absolute atomic E-state index is 13.4. The van der Waals surface area contributed by atoms with Gasteiger partial charge in [0.25, 0.3) is 11.8 Å². The van der Waals surface area contributed by atoms with Gasteiger partial charge in [-0.1, -0.05) is 36.4 Å². The number of aromatic amines is 1. The number of amides is 2. The van der Waals surface area contributed by atoms with Gasteiger partial charge in [-0.2, -0.15) is 0 Å². The smallest absolute Gasteiger partial charge is 0.261 e. The molecule has 2 amide bonds. The molecule has 0 spiro atoms. The third-order valence-electron chi connectivity index (χ3n) is 7.27. The van der Waals surface area contributed by atoms with Crippen molar-refractivity contribution in [1.82, 2.24) is 30.5 Å². The number of hydrogen-bond acceptors (Lipinski definition) is 5. The maximum Gasteiger partial charge on any atom is 0.261 e. The minimum Gasteiger partial charge on any atom is -0.361 e. The first-order valence-corrected chi connectivity index (χ1v) is 12.5. The fourth-order valence-electron chi connectivity index (χ4n) is 5.13. The summed E-state index contributed by atoms with van der Waals surface area (Å²) in [6.45, 7) is 5.72. The molecule has 0 aliphatic carbocycles. The van der Waals surface area contributed by atoms with Gasteiger partial charge in [0.1, 0.15) is 6.04 Å². The molecule has 0 radical (unpaired) electrons. The van der Waals surface area contributed by atoms with E-state index in [1.165, 1.54) is 12.8 Å². The van der Waals surface area contributed by atoms with E-state index in [4.69, 9.17) is 0 Å². The van der Waals surface area contributed by atoms with E-state index in [2.05, 4.69) is 32.6 Å². The summed E-state index contributed by atoms with van der Waals surface area (Å²) in [5, 5.41) is 5.98. The number of hydrogen-bond donors (Lipinski definition) is 3. The van der Waals surface area contributed by atoms with Crippen molar-refractivity contribution < 1.29 is 9.59 Å². The summed E-state index contributed by atoms with van der Waals surface area (Å²) in [7, 11) is 2.18. The number of piperazine rings is 1. The molecule has 0 bridgehead atoms. The average Bonchev–Trinajstić information content (AvgIpc) is 3.37.